The number of aryl methyl sites for hydroxylation is 1. The Hall–Kier alpha value is -1.64. The van der Waals surface area contributed by atoms with Crippen molar-refractivity contribution in [2.45, 2.75) is 37.1 Å². The number of halogens is 2. The number of alkyl halides is 2. The number of aromatic nitrogens is 2. The number of ether oxygens (including phenoxy) is 1. The average Bonchev–Trinajstić information content (AvgIpc) is 3.04. The summed E-state index contributed by atoms with van der Waals surface area (Å²) in [4.78, 5) is 54.3. The van der Waals surface area contributed by atoms with Gasteiger partial charge in [0.15, 0.2) is 0 Å². The van der Waals surface area contributed by atoms with Crippen LogP contribution >= 0.6 is 22.7 Å². The van der Waals surface area contributed by atoms with Crippen molar-refractivity contribution in [2.24, 2.45) is 5.11 Å². The van der Waals surface area contributed by atoms with Crippen molar-refractivity contribution in [3.8, 4) is 0 Å². The van der Waals surface area contributed by atoms with Crippen molar-refractivity contribution in [2.75, 3.05) is 6.61 Å². The fourth-order valence-corrected chi connectivity index (χ4v) is 6.41. The summed E-state index contributed by atoms with van der Waals surface area (Å²) < 4.78 is 76.0. The van der Waals surface area contributed by atoms with Crippen LogP contribution in [0.3, 0.4) is 0 Å². The van der Waals surface area contributed by atoms with E-state index in [2.05, 4.69) is 18.9 Å². The molecule has 1 fully saturated rings. The van der Waals surface area contributed by atoms with E-state index >= 15 is 0 Å². The van der Waals surface area contributed by atoms with Crippen molar-refractivity contribution in [1.29, 1.82) is 0 Å². The summed E-state index contributed by atoms with van der Waals surface area (Å²) >= 11 is 0. The standard InChI is InChI=1S/C11H15BF2N5O11P3/c1-5-3-19(10(21)16-9(5)20)8-2-6(17-18-15)7(29-8)4-28-33(12,27)30-32(25,26)11(13,14)31(22,23)24/h3,6-8H,2,4H2,1H3,(H,25,26)(H,16,20,21)(H2,22,23,24)/q-1. The number of hydrogen-bond donors (Lipinski definition) is 4. The Morgan fingerprint density at radius 2 is 2.00 bits per heavy atom. The molecule has 0 bridgehead atoms. The highest BCUT2D eigenvalue weighted by Crippen LogP contribution is 2.77. The lowest BCUT2D eigenvalue weighted by atomic mass is 10.1. The molecule has 16 nitrogen and oxygen atoms in total. The van der Waals surface area contributed by atoms with Crippen LogP contribution < -0.4 is 11.2 Å². The van der Waals surface area contributed by atoms with Crippen LogP contribution in [-0.4, -0.2) is 56.0 Å². The van der Waals surface area contributed by atoms with E-state index < -0.39 is 64.3 Å². The Balaban J connectivity index is 2.19. The molecular formula is C11H15BF2N5O11P3-. The van der Waals surface area contributed by atoms with Crippen molar-refractivity contribution in [3.05, 3.63) is 43.0 Å². The van der Waals surface area contributed by atoms with Gasteiger partial charge in [-0.2, -0.15) is 8.78 Å². The van der Waals surface area contributed by atoms with E-state index in [1.165, 1.54) is 6.92 Å². The van der Waals surface area contributed by atoms with Crippen LogP contribution in [0, 0.1) is 6.92 Å². The van der Waals surface area contributed by atoms with Crippen LogP contribution in [0.15, 0.2) is 20.9 Å². The number of rotatable bonds is 9. The molecule has 0 spiro atoms. The topological polar surface area (TPSA) is 243 Å². The summed E-state index contributed by atoms with van der Waals surface area (Å²) in [6, 6.07) is -1.11. The summed E-state index contributed by atoms with van der Waals surface area (Å²) in [6.45, 7) is 0.435. The molecular weight excluding hydrogens is 520 g/mol. The fourth-order valence-electron chi connectivity index (χ4n) is 2.59. The van der Waals surface area contributed by atoms with Crippen LogP contribution in [0.2, 0.25) is 0 Å². The molecule has 22 heteroatoms. The van der Waals surface area contributed by atoms with E-state index in [9.17, 15) is 37.0 Å². The first-order valence-corrected chi connectivity index (χ1v) is 13.2. The number of aromatic amines is 1. The monoisotopic (exact) mass is 535 g/mol. The molecule has 4 N–H and O–H groups in total. The van der Waals surface area contributed by atoms with Gasteiger partial charge in [0.1, 0.15) is 6.23 Å². The molecule has 1 aromatic rings. The smallest absolute Gasteiger partial charge is 0.443 e. The first kappa shape index (κ1) is 27.6. The highest BCUT2D eigenvalue weighted by molar-refractivity contribution is 7.86. The van der Waals surface area contributed by atoms with E-state index in [0.717, 1.165) is 10.8 Å². The third-order valence-corrected chi connectivity index (χ3v) is 9.42. The summed E-state index contributed by atoms with van der Waals surface area (Å²) in [6.07, 6.45) is -1.51. The molecule has 2 heterocycles. The van der Waals surface area contributed by atoms with Gasteiger partial charge in [-0.25, -0.2) is 4.79 Å². The highest BCUT2D eigenvalue weighted by Gasteiger charge is 2.65. The molecule has 1 aromatic heterocycles. The van der Waals surface area contributed by atoms with E-state index in [4.69, 9.17) is 27.6 Å². The first-order chi connectivity index (χ1) is 14.9. The zero-order valence-corrected chi connectivity index (χ0v) is 19.0. The van der Waals surface area contributed by atoms with Gasteiger partial charge in [-0.05, 0) is 12.5 Å². The number of azide groups is 1. The Labute approximate surface area is 183 Å². The molecule has 1 saturated heterocycles. The van der Waals surface area contributed by atoms with Gasteiger partial charge in [0.25, 0.3) is 5.56 Å². The van der Waals surface area contributed by atoms with Gasteiger partial charge in [0.05, 0.1) is 26.2 Å². The average molecular weight is 535 g/mol. The van der Waals surface area contributed by atoms with Gasteiger partial charge in [0, 0.05) is 23.1 Å². The fraction of sp³-hybridized carbons (Fsp3) is 0.636. The van der Waals surface area contributed by atoms with E-state index in [1.807, 2.05) is 4.98 Å². The summed E-state index contributed by atoms with van der Waals surface area (Å²) in [7, 11) is -13.5. The molecule has 3 radical (unpaired) electrons. The molecule has 183 valence electrons. The number of nitrogens with zero attached hydrogens (tertiary/aromatic N) is 4. The van der Waals surface area contributed by atoms with Crippen LogP contribution in [0.1, 0.15) is 18.2 Å². The summed E-state index contributed by atoms with van der Waals surface area (Å²) in [5.41, 5.74) is 7.28. The van der Waals surface area contributed by atoms with Gasteiger partial charge in [-0.3, -0.25) is 27.8 Å². The molecule has 2 rings (SSSR count). The third-order valence-electron chi connectivity index (χ3n) is 4.19. The van der Waals surface area contributed by atoms with E-state index in [-0.39, 0.29) is 12.0 Å². The maximum atomic E-state index is 13.5. The lowest BCUT2D eigenvalue weighted by Crippen LogP contribution is -2.33. The van der Waals surface area contributed by atoms with E-state index in [0.29, 0.717) is 0 Å². The largest absolute Gasteiger partial charge is 0.444 e. The zero-order chi connectivity index (χ0) is 25.4. The van der Waals surface area contributed by atoms with Crippen molar-refractivity contribution in [3.63, 3.8) is 0 Å². The minimum absolute atomic E-state index is 0.128. The Kier molecular flexibility index (Phi) is 7.99. The second-order valence-electron chi connectivity index (χ2n) is 6.61. The van der Waals surface area contributed by atoms with Gasteiger partial charge in [-0.1, -0.05) is 5.11 Å². The molecule has 5 atom stereocenters. The summed E-state index contributed by atoms with van der Waals surface area (Å²) in [5, 5.41) is -2.26. The molecule has 1 aliphatic heterocycles. The molecule has 1 aliphatic rings. The molecule has 0 aliphatic carbocycles. The molecule has 5 unspecified atom stereocenters. The normalized spacial score (nSPS) is 25.1. The van der Waals surface area contributed by atoms with Gasteiger partial charge in [-0.15, -0.1) is 0 Å². The van der Waals surface area contributed by atoms with Crippen LogP contribution in [0.25, 0.3) is 10.4 Å². The quantitative estimate of drug-likeness (QED) is 0.114. The van der Waals surface area contributed by atoms with E-state index in [1.54, 1.807) is 0 Å². The Bertz CT molecular complexity index is 1230. The van der Waals surface area contributed by atoms with Crippen molar-refractivity contribution in [1.82, 2.24) is 9.55 Å². The second kappa shape index (κ2) is 9.55. The van der Waals surface area contributed by atoms with Gasteiger partial charge >= 0.3 is 26.3 Å². The third kappa shape index (κ3) is 6.08. The molecule has 0 amide bonds. The SMILES string of the molecule is [B-]P(=O)(OCC1OC(n2cc(C)c(=O)[nH]c2=O)CC1N=[N+]=[N-])OP(=O)(O)C(F)(F)P(=O)(O)O. The minimum atomic E-state index is -6.62. The molecule has 33 heavy (non-hydrogen) atoms. The predicted octanol–water partition coefficient (Wildman–Crippen LogP) is 1.03. The number of nitrogens with one attached hydrogen (secondary N) is 1. The minimum Gasteiger partial charge on any atom is -0.443 e. The predicted molar refractivity (Wildman–Crippen MR) is 105 cm³/mol. The second-order valence-corrected chi connectivity index (χ2v) is 12.2. The lowest BCUT2D eigenvalue weighted by Gasteiger charge is -2.32. The van der Waals surface area contributed by atoms with Crippen molar-refractivity contribution < 1.29 is 50.7 Å². The van der Waals surface area contributed by atoms with Gasteiger partial charge < -0.3 is 36.1 Å². The number of H-pyrrole nitrogens is 1. The molecule has 0 saturated carbocycles. The Morgan fingerprint density at radius 1 is 1.39 bits per heavy atom. The maximum Gasteiger partial charge on any atom is 0.444 e. The zero-order valence-electron chi connectivity index (χ0n) is 16.3. The van der Waals surface area contributed by atoms with Gasteiger partial charge in [0.2, 0.25) is 0 Å². The lowest BCUT2D eigenvalue weighted by molar-refractivity contribution is -0.0232. The highest BCUT2D eigenvalue weighted by atomic mass is 31.3. The molecule has 0 aromatic carbocycles. The van der Waals surface area contributed by atoms with Crippen LogP contribution in [0.5, 0.6) is 0 Å². The Morgan fingerprint density at radius 3 is 2.55 bits per heavy atom. The van der Waals surface area contributed by atoms with Crippen molar-refractivity contribution >= 4 is 30.2 Å². The maximum absolute atomic E-state index is 13.5. The number of hydrogen-bond acceptors (Lipinski definition) is 9. The summed E-state index contributed by atoms with van der Waals surface area (Å²) in [5.74, 6) is 0. The van der Waals surface area contributed by atoms with Crippen LogP contribution in [0.4, 0.5) is 8.78 Å². The first-order valence-electron chi connectivity index (χ1n) is 8.44. The van der Waals surface area contributed by atoms with Crippen LogP contribution in [-0.2, 0) is 27.3 Å².